The highest BCUT2D eigenvalue weighted by atomic mass is 32.2. The van der Waals surface area contributed by atoms with Crippen LogP contribution in [-0.2, 0) is 19.1 Å². The van der Waals surface area contributed by atoms with Gasteiger partial charge in [0.05, 0.1) is 23.7 Å². The molecule has 8 nitrogen and oxygen atoms in total. The summed E-state index contributed by atoms with van der Waals surface area (Å²) in [4.78, 5) is 23.8. The van der Waals surface area contributed by atoms with Crippen LogP contribution in [0.1, 0.15) is 25.7 Å². The van der Waals surface area contributed by atoms with E-state index in [4.69, 9.17) is 9.47 Å². The van der Waals surface area contributed by atoms with Crippen LogP contribution in [0.3, 0.4) is 0 Å². The Morgan fingerprint density at radius 2 is 1.41 bits per heavy atom. The van der Waals surface area contributed by atoms with E-state index < -0.39 is 0 Å². The third kappa shape index (κ3) is 7.57. The van der Waals surface area contributed by atoms with Gasteiger partial charge in [0.25, 0.3) is 0 Å². The summed E-state index contributed by atoms with van der Waals surface area (Å²) in [7, 11) is 0. The first kappa shape index (κ1) is 20.8. The molecule has 2 atom stereocenters. The minimum atomic E-state index is -0.0339. The molecule has 0 saturated carbocycles. The van der Waals surface area contributed by atoms with Crippen LogP contribution in [0.5, 0.6) is 0 Å². The van der Waals surface area contributed by atoms with Crippen LogP contribution in [0.4, 0.5) is 0 Å². The second-order valence-electron chi connectivity index (χ2n) is 6.29. The Kier molecular flexibility index (Phi) is 8.65. The van der Waals surface area contributed by atoms with Crippen LogP contribution in [0.2, 0.25) is 0 Å². The molecule has 11 heteroatoms. The molecule has 2 saturated heterocycles. The molecular weight excluding hydrogens is 408 g/mol. The predicted molar refractivity (Wildman–Crippen MR) is 105 cm³/mol. The summed E-state index contributed by atoms with van der Waals surface area (Å²) in [5.41, 5.74) is 0. The fraction of sp³-hybridized carbons (Fsp3) is 0.750. The number of hydrogen-bond acceptors (Lipinski definition) is 9. The van der Waals surface area contributed by atoms with Gasteiger partial charge in [0, 0.05) is 26.3 Å². The van der Waals surface area contributed by atoms with Crippen molar-refractivity contribution in [2.75, 3.05) is 37.8 Å². The van der Waals surface area contributed by atoms with Crippen molar-refractivity contribution >= 4 is 46.7 Å². The summed E-state index contributed by atoms with van der Waals surface area (Å²) >= 11 is 4.11. The van der Waals surface area contributed by atoms with E-state index in [1.807, 2.05) is 0 Å². The van der Waals surface area contributed by atoms with E-state index in [0.29, 0.717) is 24.6 Å². The standard InChI is InChI=1S/C16H24N4O4S3/c21-13(17-7-11-3-1-5-23-11)9-25-15-19-20-16(27-15)26-10-14(22)18-8-12-4-2-6-24-12/h11-12H,1-10H2,(H,17,21)(H,18,22). The number of rotatable bonds is 10. The lowest BCUT2D eigenvalue weighted by molar-refractivity contribution is -0.119. The van der Waals surface area contributed by atoms with E-state index in [9.17, 15) is 9.59 Å². The van der Waals surface area contributed by atoms with Crippen molar-refractivity contribution in [3.8, 4) is 0 Å². The molecule has 2 N–H and O–H groups in total. The molecule has 0 aromatic carbocycles. The van der Waals surface area contributed by atoms with Crippen LogP contribution in [-0.4, -0.2) is 72.0 Å². The van der Waals surface area contributed by atoms with Crippen LogP contribution in [0.25, 0.3) is 0 Å². The second kappa shape index (κ2) is 11.2. The summed E-state index contributed by atoms with van der Waals surface area (Å²) < 4.78 is 12.4. The van der Waals surface area contributed by atoms with Gasteiger partial charge in [0.2, 0.25) is 11.8 Å². The first-order valence-corrected chi connectivity index (χ1v) is 11.8. The zero-order valence-electron chi connectivity index (χ0n) is 15.0. The Labute approximate surface area is 170 Å². The third-order valence-corrected chi connectivity index (χ3v) is 7.33. The van der Waals surface area contributed by atoms with Gasteiger partial charge in [-0.2, -0.15) is 0 Å². The first-order valence-electron chi connectivity index (χ1n) is 9.05. The molecule has 150 valence electrons. The van der Waals surface area contributed by atoms with Gasteiger partial charge in [-0.05, 0) is 25.7 Å². The zero-order chi connectivity index (χ0) is 18.9. The summed E-state index contributed by atoms with van der Waals surface area (Å²) in [6.45, 7) is 2.70. The first-order chi connectivity index (χ1) is 13.2. The fourth-order valence-electron chi connectivity index (χ4n) is 2.74. The summed E-state index contributed by atoms with van der Waals surface area (Å²) in [5, 5.41) is 13.9. The molecule has 3 heterocycles. The molecule has 0 spiro atoms. The van der Waals surface area contributed by atoms with Gasteiger partial charge in [0.1, 0.15) is 0 Å². The molecule has 2 fully saturated rings. The van der Waals surface area contributed by atoms with Gasteiger partial charge < -0.3 is 20.1 Å². The Hall–Kier alpha value is -0.880. The van der Waals surface area contributed by atoms with E-state index in [1.165, 1.54) is 34.9 Å². The molecular formula is C16H24N4O4S3. The van der Waals surface area contributed by atoms with Crippen LogP contribution in [0, 0.1) is 0 Å². The Morgan fingerprint density at radius 1 is 0.926 bits per heavy atom. The molecule has 2 amide bonds. The topological polar surface area (TPSA) is 102 Å². The molecule has 27 heavy (non-hydrogen) atoms. The molecule has 2 unspecified atom stereocenters. The van der Waals surface area contributed by atoms with E-state index in [1.54, 1.807) is 0 Å². The van der Waals surface area contributed by atoms with Gasteiger partial charge >= 0.3 is 0 Å². The maximum absolute atomic E-state index is 11.9. The monoisotopic (exact) mass is 432 g/mol. The van der Waals surface area contributed by atoms with Crippen molar-refractivity contribution < 1.29 is 19.1 Å². The Balaban J connectivity index is 1.28. The number of nitrogens with zero attached hydrogens (tertiary/aromatic N) is 2. The van der Waals surface area contributed by atoms with E-state index in [0.717, 1.165) is 47.6 Å². The Morgan fingerprint density at radius 3 is 1.81 bits per heavy atom. The van der Waals surface area contributed by atoms with Crippen LogP contribution >= 0.6 is 34.9 Å². The van der Waals surface area contributed by atoms with Crippen molar-refractivity contribution in [2.24, 2.45) is 0 Å². The van der Waals surface area contributed by atoms with E-state index in [-0.39, 0.29) is 24.0 Å². The number of aromatic nitrogens is 2. The number of ether oxygens (including phenoxy) is 2. The lowest BCUT2D eigenvalue weighted by Gasteiger charge is -2.10. The van der Waals surface area contributed by atoms with Gasteiger partial charge in [0.15, 0.2) is 8.68 Å². The second-order valence-corrected chi connectivity index (χ2v) is 9.71. The molecule has 0 radical (unpaired) electrons. The number of hydrogen-bond donors (Lipinski definition) is 2. The van der Waals surface area contributed by atoms with Gasteiger partial charge in [-0.1, -0.05) is 34.9 Å². The SMILES string of the molecule is O=C(CSc1nnc(SCC(=O)NCC2CCCO2)s1)NCC1CCCO1. The molecule has 3 rings (SSSR count). The third-order valence-electron chi connectivity index (χ3n) is 4.14. The average Bonchev–Trinajstić information content (AvgIpc) is 3.44. The van der Waals surface area contributed by atoms with Gasteiger partial charge in [-0.3, -0.25) is 9.59 Å². The number of thioether (sulfide) groups is 2. The van der Waals surface area contributed by atoms with Crippen LogP contribution < -0.4 is 10.6 Å². The summed E-state index contributed by atoms with van der Waals surface area (Å²) in [6, 6.07) is 0. The minimum Gasteiger partial charge on any atom is -0.376 e. The van der Waals surface area contributed by atoms with Crippen molar-refractivity contribution in [1.82, 2.24) is 20.8 Å². The molecule has 0 bridgehead atoms. The number of carbonyl (C=O) groups is 2. The smallest absolute Gasteiger partial charge is 0.230 e. The van der Waals surface area contributed by atoms with E-state index in [2.05, 4.69) is 20.8 Å². The molecule has 1 aromatic rings. The molecule has 0 aliphatic carbocycles. The maximum atomic E-state index is 11.9. The summed E-state index contributed by atoms with van der Waals surface area (Å²) in [6.07, 6.45) is 4.43. The van der Waals surface area contributed by atoms with Gasteiger partial charge in [-0.15, -0.1) is 10.2 Å². The van der Waals surface area contributed by atoms with E-state index >= 15 is 0 Å². The highest BCUT2D eigenvalue weighted by Crippen LogP contribution is 2.28. The fourth-order valence-corrected chi connectivity index (χ4v) is 5.42. The van der Waals surface area contributed by atoms with Crippen molar-refractivity contribution in [1.29, 1.82) is 0 Å². The maximum Gasteiger partial charge on any atom is 0.230 e. The lowest BCUT2D eigenvalue weighted by Crippen LogP contribution is -2.32. The lowest BCUT2D eigenvalue weighted by atomic mass is 10.2. The number of carbonyl (C=O) groups excluding carboxylic acids is 2. The largest absolute Gasteiger partial charge is 0.376 e. The zero-order valence-corrected chi connectivity index (χ0v) is 17.4. The van der Waals surface area contributed by atoms with Gasteiger partial charge in [-0.25, -0.2) is 0 Å². The highest BCUT2D eigenvalue weighted by molar-refractivity contribution is 8.03. The molecule has 2 aliphatic heterocycles. The molecule has 2 aliphatic rings. The average molecular weight is 433 g/mol. The summed E-state index contributed by atoms with van der Waals surface area (Å²) in [5.74, 6) is 0.531. The van der Waals surface area contributed by atoms with Crippen molar-refractivity contribution in [3.05, 3.63) is 0 Å². The predicted octanol–water partition coefficient (Wildman–Crippen LogP) is 1.31. The number of amides is 2. The highest BCUT2D eigenvalue weighted by Gasteiger charge is 2.18. The Bertz CT molecular complexity index is 568. The van der Waals surface area contributed by atoms with Crippen LogP contribution in [0.15, 0.2) is 8.68 Å². The minimum absolute atomic E-state index is 0.0339. The quantitative estimate of drug-likeness (QED) is 0.534. The molecule has 1 aromatic heterocycles. The number of nitrogens with one attached hydrogen (secondary N) is 2. The van der Waals surface area contributed by atoms with Crippen molar-refractivity contribution in [2.45, 2.75) is 46.6 Å². The van der Waals surface area contributed by atoms with Crippen molar-refractivity contribution in [3.63, 3.8) is 0 Å². The normalized spacial score (nSPS) is 22.1.